The molecule has 12 amide bonds. The third-order valence-electron chi connectivity index (χ3n) is 15.5. The monoisotopic (exact) mass is 1320 g/mol. The second kappa shape index (κ2) is 38.8. The molecule has 0 bridgehead atoms. The lowest BCUT2D eigenvalue weighted by molar-refractivity contribution is -0.301. The predicted molar refractivity (Wildman–Crippen MR) is 330 cm³/mol. The number of aromatic hydroxyl groups is 1. The lowest BCUT2D eigenvalue weighted by Crippen LogP contribution is -2.62. The zero-order valence-electron chi connectivity index (χ0n) is 51.8. The highest BCUT2D eigenvalue weighted by Gasteiger charge is 2.45. The summed E-state index contributed by atoms with van der Waals surface area (Å²) in [5.74, 6) is -11.9. The molecule has 14 atom stereocenters. The highest BCUT2D eigenvalue weighted by atomic mass is 33.1. The first-order chi connectivity index (χ1) is 43.1. The quantitative estimate of drug-likeness (QED) is 0.0269. The first kappa shape index (κ1) is 76.6. The van der Waals surface area contributed by atoms with Gasteiger partial charge in [0.15, 0.2) is 6.29 Å². The fraction of sp³-hybridized carbons (Fsp3) is 0.690. The lowest BCUT2D eigenvalue weighted by atomic mass is 9.96. The van der Waals surface area contributed by atoms with Crippen molar-refractivity contribution in [1.29, 1.82) is 0 Å². The number of hydrogen-bond acceptors (Lipinski definition) is 21. The van der Waals surface area contributed by atoms with E-state index in [0.717, 1.165) is 21.6 Å². The van der Waals surface area contributed by atoms with Crippen LogP contribution in [0.25, 0.3) is 0 Å². The number of primary amides is 3. The molecule has 3 aliphatic heterocycles. The third-order valence-corrected chi connectivity index (χ3v) is 17.9. The number of nitrogens with two attached hydrogens (primary N) is 3. The van der Waals surface area contributed by atoms with Crippen LogP contribution in [0.1, 0.15) is 123 Å². The number of hydrogen-bond donors (Lipinski definition) is 16. The number of carbonyl (C=O) groups excluding carboxylic acids is 12. The van der Waals surface area contributed by atoms with E-state index in [4.69, 9.17) is 26.7 Å². The molecule has 0 spiro atoms. The molecule has 3 heterocycles. The Morgan fingerprint density at radius 3 is 2.00 bits per heavy atom. The van der Waals surface area contributed by atoms with Gasteiger partial charge in [-0.2, -0.15) is 0 Å². The van der Waals surface area contributed by atoms with E-state index in [1.165, 1.54) is 29.2 Å². The molecule has 0 saturated carbocycles. The van der Waals surface area contributed by atoms with Gasteiger partial charge in [0.05, 0.1) is 19.6 Å². The summed E-state index contributed by atoms with van der Waals surface area (Å²) in [5, 5.41) is 70.6. The summed E-state index contributed by atoms with van der Waals surface area (Å²) in [6, 6.07) is -5.94. The molecule has 2 unspecified atom stereocenters. The smallest absolute Gasteiger partial charge is 0.246 e. The Bertz CT molecular complexity index is 2640. The number of aliphatic hydroxyl groups excluding tert-OH is 4. The number of benzene rings is 1. The number of nitrogens with one attached hydrogen (secondary N) is 8. The van der Waals surface area contributed by atoms with Crippen molar-refractivity contribution in [2.45, 2.75) is 203 Å². The topological polar surface area (TPSA) is 502 Å². The minimum atomic E-state index is -1.83. The van der Waals surface area contributed by atoms with Crippen molar-refractivity contribution in [2.24, 2.45) is 29.0 Å². The summed E-state index contributed by atoms with van der Waals surface area (Å²) in [4.78, 5) is 166. The molecular weight excluding hydrogens is 1230 g/mol. The van der Waals surface area contributed by atoms with Gasteiger partial charge in [0.1, 0.15) is 78.5 Å². The van der Waals surface area contributed by atoms with Gasteiger partial charge in [-0.3, -0.25) is 57.5 Å². The number of aliphatic hydroxyl groups is 4. The van der Waals surface area contributed by atoms with Crippen molar-refractivity contribution in [3.8, 4) is 5.75 Å². The maximum atomic E-state index is 14.9. The highest BCUT2D eigenvalue weighted by molar-refractivity contribution is 8.76. The van der Waals surface area contributed by atoms with Gasteiger partial charge in [0, 0.05) is 43.9 Å². The summed E-state index contributed by atoms with van der Waals surface area (Å²) in [5.41, 5.74) is 16.8. The van der Waals surface area contributed by atoms with E-state index in [-0.39, 0.29) is 68.4 Å². The van der Waals surface area contributed by atoms with E-state index < -0.39 is 188 Å². The minimum Gasteiger partial charge on any atom is -0.508 e. The number of phenols is 1. The molecule has 1 aromatic carbocycles. The van der Waals surface area contributed by atoms with Crippen LogP contribution in [-0.4, -0.2) is 218 Å². The molecular formula is C58H92N12O19S2. The van der Waals surface area contributed by atoms with Gasteiger partial charge in [0.2, 0.25) is 70.9 Å². The number of rotatable bonds is 29. The molecule has 33 heteroatoms. The van der Waals surface area contributed by atoms with Crippen molar-refractivity contribution in [3.05, 3.63) is 29.8 Å². The highest BCUT2D eigenvalue weighted by Crippen LogP contribution is 2.27. The van der Waals surface area contributed by atoms with Crippen LogP contribution in [0.3, 0.4) is 0 Å². The lowest BCUT2D eigenvalue weighted by Gasteiger charge is -2.39. The Labute approximate surface area is 535 Å². The maximum Gasteiger partial charge on any atom is 0.246 e. The minimum absolute atomic E-state index is 0.0131. The standard InChI is InChI=1S/C58H92N12O19S2/c1-5-31(4)46-56(86)64-34(19-20-42(59)73)51(81)66-37(25-43(60)74)52(82)68-39(57(87)70-21-12-13-40(70)55(85)67-35(23-30(2)3)50(80)62-26-44(61)75)29-91-90-28-38(54(84)65-36(53(83)69-46)24-32-15-17-33(72)18-16-32)63-45(76)14-10-8-6-7-9-11-22-88-58-49(79)48(78)47(77)41(27-71)89-58/h15-18,30-31,34-41,46-49,58,71-72,77-79H,5-14,19-29H2,1-4H3,(H2,59,73)(H2,60,74)(H2,61,75)(H,62,80)(H,63,76)(H,64,86)(H,65,84)(H,66,81)(H,67,85)(H,68,82)(H,69,83)/t31-,34?,35-,36-,37-,38?,39-,40-,41+,46-,47+,48-,49-,58+/m0/s1. The summed E-state index contributed by atoms with van der Waals surface area (Å²) >= 11 is 0. The van der Waals surface area contributed by atoms with Gasteiger partial charge in [-0.15, -0.1) is 0 Å². The number of unbranched alkanes of at least 4 members (excludes halogenated alkanes) is 5. The van der Waals surface area contributed by atoms with Crippen LogP contribution < -0.4 is 59.7 Å². The maximum absolute atomic E-state index is 14.9. The number of phenolic OH excluding ortho intramolecular Hbond substituents is 1. The van der Waals surface area contributed by atoms with Gasteiger partial charge < -0.3 is 99.6 Å². The second-order valence-corrected chi connectivity index (χ2v) is 25.9. The Hall–Kier alpha value is -6.88. The Kier molecular flexibility index (Phi) is 32.7. The fourth-order valence-corrected chi connectivity index (χ4v) is 12.5. The van der Waals surface area contributed by atoms with E-state index in [1.807, 2.05) is 0 Å². The molecule has 3 aliphatic rings. The predicted octanol–water partition coefficient (Wildman–Crippen LogP) is -3.90. The molecule has 4 rings (SSSR count). The van der Waals surface area contributed by atoms with E-state index >= 15 is 0 Å². The van der Waals surface area contributed by atoms with Crippen molar-refractivity contribution >= 4 is 92.5 Å². The van der Waals surface area contributed by atoms with E-state index in [1.54, 1.807) is 27.7 Å². The van der Waals surface area contributed by atoms with Crippen molar-refractivity contribution in [3.63, 3.8) is 0 Å². The van der Waals surface area contributed by atoms with Crippen molar-refractivity contribution in [2.75, 3.05) is 37.8 Å². The number of ether oxygens (including phenoxy) is 2. The first-order valence-electron chi connectivity index (χ1n) is 30.6. The SMILES string of the molecule is CC[C@H](C)[C@@H]1NC(=O)[C@H](Cc2ccc(O)cc2)NC(=O)C(NC(=O)CCCCCCCCO[C@@H]2O[C@H](CO)[C@@H](O)[C@H](O)[C@@H]2O)CSSC[C@@H](C(=O)N2CCC[C@H]2C(=O)N[C@@H](CC(C)C)C(=O)NCC(N)=O)NC(=O)[C@H](CC(N)=O)NC(=O)C(CCC(N)=O)NC1=O. The number of likely N-dealkylation sites (tertiary alicyclic amines) is 1. The van der Waals surface area contributed by atoms with Crippen molar-refractivity contribution < 1.29 is 92.5 Å². The molecule has 0 aliphatic carbocycles. The molecule has 1 aromatic rings. The van der Waals surface area contributed by atoms with Crippen LogP contribution in [0, 0.1) is 11.8 Å². The third kappa shape index (κ3) is 25.6. The molecule has 0 aromatic heterocycles. The average Bonchev–Trinajstić information content (AvgIpc) is 3.92. The molecule has 0 radical (unpaired) electrons. The van der Waals surface area contributed by atoms with Gasteiger partial charge >= 0.3 is 0 Å². The molecule has 19 N–H and O–H groups in total. The number of nitrogens with zero attached hydrogens (tertiary/aromatic N) is 1. The van der Waals surface area contributed by atoms with Crippen LogP contribution in [0.5, 0.6) is 5.75 Å². The van der Waals surface area contributed by atoms with Crippen LogP contribution in [0.2, 0.25) is 0 Å². The molecule has 510 valence electrons. The van der Waals surface area contributed by atoms with Gasteiger partial charge in [-0.25, -0.2) is 0 Å². The van der Waals surface area contributed by atoms with Gasteiger partial charge in [-0.1, -0.05) is 93.5 Å². The van der Waals surface area contributed by atoms with E-state index in [9.17, 15) is 83.1 Å². The summed E-state index contributed by atoms with van der Waals surface area (Å²) in [6.07, 6.45) is -4.62. The Morgan fingerprint density at radius 2 is 1.36 bits per heavy atom. The van der Waals surface area contributed by atoms with E-state index in [2.05, 4.69) is 42.5 Å². The zero-order valence-corrected chi connectivity index (χ0v) is 53.4. The van der Waals surface area contributed by atoms with Crippen LogP contribution in [0.15, 0.2) is 24.3 Å². The van der Waals surface area contributed by atoms with Gasteiger partial charge in [-0.05, 0) is 68.1 Å². The van der Waals surface area contributed by atoms with Crippen molar-refractivity contribution in [1.82, 2.24) is 47.4 Å². The average molecular weight is 1330 g/mol. The second-order valence-electron chi connectivity index (χ2n) is 23.4. The number of carbonyl (C=O) groups is 12. The molecule has 91 heavy (non-hydrogen) atoms. The Morgan fingerprint density at radius 1 is 0.736 bits per heavy atom. The largest absolute Gasteiger partial charge is 0.508 e. The summed E-state index contributed by atoms with van der Waals surface area (Å²) in [6.45, 7) is 5.96. The summed E-state index contributed by atoms with van der Waals surface area (Å²) < 4.78 is 10.9. The Balaban J connectivity index is 1.67. The first-order valence-corrected chi connectivity index (χ1v) is 33.1. The van der Waals surface area contributed by atoms with Crippen LogP contribution in [0.4, 0.5) is 0 Å². The normalized spacial score (nSPS) is 26.3. The summed E-state index contributed by atoms with van der Waals surface area (Å²) in [7, 11) is 1.92. The fourth-order valence-electron chi connectivity index (χ4n) is 10.2. The zero-order chi connectivity index (χ0) is 67.5. The van der Waals surface area contributed by atoms with Crippen LogP contribution >= 0.6 is 21.6 Å². The molecule has 3 fully saturated rings. The van der Waals surface area contributed by atoms with Gasteiger partial charge in [0.25, 0.3) is 0 Å². The van der Waals surface area contributed by atoms with Crippen LogP contribution in [-0.2, 0) is 73.4 Å². The molecule has 31 nitrogen and oxygen atoms in total. The number of amides is 12. The molecule has 3 saturated heterocycles. The van der Waals surface area contributed by atoms with E-state index in [0.29, 0.717) is 50.5 Å².